The number of rotatable bonds is 2. The molecule has 0 unspecified atom stereocenters. The molecule has 0 aromatic rings. The van der Waals surface area contributed by atoms with Crippen molar-refractivity contribution in [2.45, 2.75) is 31.8 Å². The molecular formula is C10H15NO2. The van der Waals surface area contributed by atoms with Crippen LogP contribution in [0.4, 0.5) is 0 Å². The Morgan fingerprint density at radius 3 is 2.69 bits per heavy atom. The van der Waals surface area contributed by atoms with Gasteiger partial charge in [0.2, 0.25) is 0 Å². The highest BCUT2D eigenvalue weighted by Crippen LogP contribution is 2.31. The van der Waals surface area contributed by atoms with E-state index < -0.39 is 5.60 Å². The van der Waals surface area contributed by atoms with Gasteiger partial charge in [-0.25, -0.2) is 0 Å². The second-order valence-electron chi connectivity index (χ2n) is 4.04. The fraction of sp³-hybridized carbons (Fsp3) is 0.700. The molecule has 0 saturated carbocycles. The zero-order chi connectivity index (χ0) is 9.47. The van der Waals surface area contributed by atoms with Crippen molar-refractivity contribution in [3.05, 3.63) is 11.8 Å². The number of carbonyl (C=O) groups is 1. The molecule has 2 aliphatic rings. The van der Waals surface area contributed by atoms with E-state index in [-0.39, 0.29) is 5.78 Å². The SMILES string of the molecule is CCC1(O)CN(C2=CC(=O)CC2)C1. The first-order valence-corrected chi connectivity index (χ1v) is 4.84. The molecule has 0 atom stereocenters. The van der Waals surface area contributed by atoms with Crippen LogP contribution in [0, 0.1) is 0 Å². The van der Waals surface area contributed by atoms with Crippen molar-refractivity contribution in [1.82, 2.24) is 4.90 Å². The minimum Gasteiger partial charge on any atom is -0.386 e. The van der Waals surface area contributed by atoms with E-state index in [0.717, 1.165) is 18.5 Å². The second kappa shape index (κ2) is 2.84. The first-order chi connectivity index (χ1) is 6.13. The number of nitrogens with zero attached hydrogens (tertiary/aromatic N) is 1. The van der Waals surface area contributed by atoms with Gasteiger partial charge in [-0.05, 0) is 12.8 Å². The van der Waals surface area contributed by atoms with Gasteiger partial charge >= 0.3 is 0 Å². The third-order valence-electron chi connectivity index (χ3n) is 2.99. The summed E-state index contributed by atoms with van der Waals surface area (Å²) in [5.74, 6) is 0.224. The van der Waals surface area contributed by atoms with Gasteiger partial charge in [0.15, 0.2) is 5.78 Å². The van der Waals surface area contributed by atoms with Crippen LogP contribution in [0.15, 0.2) is 11.8 Å². The van der Waals surface area contributed by atoms with Crippen LogP contribution in [-0.2, 0) is 4.79 Å². The molecule has 13 heavy (non-hydrogen) atoms. The Morgan fingerprint density at radius 1 is 1.54 bits per heavy atom. The Morgan fingerprint density at radius 2 is 2.23 bits per heavy atom. The lowest BCUT2D eigenvalue weighted by atomic mass is 9.90. The number of β-amino-alcohol motifs (C(OH)–C–C–N with tert-alkyl or cyclic N) is 1. The van der Waals surface area contributed by atoms with Gasteiger partial charge in [0.25, 0.3) is 0 Å². The average Bonchev–Trinajstić information content (AvgIpc) is 2.46. The van der Waals surface area contributed by atoms with Crippen molar-refractivity contribution in [1.29, 1.82) is 0 Å². The van der Waals surface area contributed by atoms with Crippen LogP contribution in [0.1, 0.15) is 26.2 Å². The van der Waals surface area contributed by atoms with Gasteiger partial charge in [0.1, 0.15) is 0 Å². The van der Waals surface area contributed by atoms with E-state index >= 15 is 0 Å². The molecule has 72 valence electrons. The number of allylic oxidation sites excluding steroid dienone is 2. The summed E-state index contributed by atoms with van der Waals surface area (Å²) in [4.78, 5) is 13.1. The molecule has 1 aliphatic carbocycles. The van der Waals surface area contributed by atoms with E-state index in [1.807, 2.05) is 6.92 Å². The second-order valence-corrected chi connectivity index (χ2v) is 4.04. The van der Waals surface area contributed by atoms with Crippen molar-refractivity contribution in [2.75, 3.05) is 13.1 Å². The fourth-order valence-corrected chi connectivity index (χ4v) is 1.92. The van der Waals surface area contributed by atoms with E-state index in [1.165, 1.54) is 0 Å². The molecule has 0 radical (unpaired) electrons. The summed E-state index contributed by atoms with van der Waals surface area (Å²) < 4.78 is 0. The minimum atomic E-state index is -0.494. The molecule has 0 bridgehead atoms. The lowest BCUT2D eigenvalue weighted by molar-refractivity contribution is -0.114. The molecule has 1 aliphatic heterocycles. The van der Waals surface area contributed by atoms with E-state index in [2.05, 4.69) is 4.90 Å². The molecule has 2 rings (SSSR count). The van der Waals surface area contributed by atoms with Crippen molar-refractivity contribution in [3.63, 3.8) is 0 Å². The predicted molar refractivity (Wildman–Crippen MR) is 49.1 cm³/mol. The van der Waals surface area contributed by atoms with Gasteiger partial charge in [0.05, 0.1) is 5.60 Å². The molecule has 0 amide bonds. The lowest BCUT2D eigenvalue weighted by Crippen LogP contribution is -2.60. The number of hydrogen-bond acceptors (Lipinski definition) is 3. The Labute approximate surface area is 78.0 Å². The van der Waals surface area contributed by atoms with Crippen LogP contribution >= 0.6 is 0 Å². The standard InChI is InChI=1S/C10H15NO2/c1-2-10(13)6-11(7-10)8-3-4-9(12)5-8/h5,13H,2-4,6-7H2,1H3. The maximum absolute atomic E-state index is 11.0. The van der Waals surface area contributed by atoms with Crippen LogP contribution in [0.2, 0.25) is 0 Å². The third kappa shape index (κ3) is 1.48. The zero-order valence-electron chi connectivity index (χ0n) is 7.92. The van der Waals surface area contributed by atoms with Gasteiger partial charge < -0.3 is 10.0 Å². The van der Waals surface area contributed by atoms with Crippen LogP contribution in [0.3, 0.4) is 0 Å². The monoisotopic (exact) mass is 181 g/mol. The third-order valence-corrected chi connectivity index (χ3v) is 2.99. The minimum absolute atomic E-state index is 0.224. The largest absolute Gasteiger partial charge is 0.386 e. The molecule has 1 fully saturated rings. The van der Waals surface area contributed by atoms with E-state index in [0.29, 0.717) is 19.5 Å². The maximum Gasteiger partial charge on any atom is 0.157 e. The molecule has 0 aromatic carbocycles. The first-order valence-electron chi connectivity index (χ1n) is 4.84. The molecule has 1 N–H and O–H groups in total. The number of ketones is 1. The summed E-state index contributed by atoms with van der Waals surface area (Å²) in [7, 11) is 0. The summed E-state index contributed by atoms with van der Waals surface area (Å²) >= 11 is 0. The molecule has 1 saturated heterocycles. The number of likely N-dealkylation sites (tertiary alicyclic amines) is 1. The Bertz CT molecular complexity index is 264. The summed E-state index contributed by atoms with van der Waals surface area (Å²) in [5, 5.41) is 9.76. The van der Waals surface area contributed by atoms with Gasteiger partial charge in [-0.3, -0.25) is 4.79 Å². The summed E-state index contributed by atoms with van der Waals surface area (Å²) in [6, 6.07) is 0. The average molecular weight is 181 g/mol. The molecule has 3 heteroatoms. The van der Waals surface area contributed by atoms with Crippen LogP contribution in [0.25, 0.3) is 0 Å². The Balaban J connectivity index is 1.94. The summed E-state index contributed by atoms with van der Waals surface area (Å²) in [6.45, 7) is 3.39. The van der Waals surface area contributed by atoms with Gasteiger partial charge in [-0.15, -0.1) is 0 Å². The summed E-state index contributed by atoms with van der Waals surface area (Å²) in [6.07, 6.45) is 4.02. The number of carbonyl (C=O) groups excluding carboxylic acids is 1. The molecule has 3 nitrogen and oxygen atoms in total. The quantitative estimate of drug-likeness (QED) is 0.681. The van der Waals surface area contributed by atoms with Crippen molar-refractivity contribution in [2.24, 2.45) is 0 Å². The predicted octanol–water partition coefficient (Wildman–Crippen LogP) is 0.690. The molecule has 0 aromatic heterocycles. The van der Waals surface area contributed by atoms with E-state index in [9.17, 15) is 9.90 Å². The highest BCUT2D eigenvalue weighted by molar-refractivity contribution is 5.92. The topological polar surface area (TPSA) is 40.5 Å². The number of aliphatic hydroxyl groups is 1. The Kier molecular flexibility index (Phi) is 1.91. The lowest BCUT2D eigenvalue weighted by Gasteiger charge is -2.48. The van der Waals surface area contributed by atoms with Gasteiger partial charge in [0, 0.05) is 31.3 Å². The van der Waals surface area contributed by atoms with Crippen molar-refractivity contribution < 1.29 is 9.90 Å². The van der Waals surface area contributed by atoms with Crippen LogP contribution < -0.4 is 0 Å². The van der Waals surface area contributed by atoms with Crippen molar-refractivity contribution in [3.8, 4) is 0 Å². The van der Waals surface area contributed by atoms with Crippen molar-refractivity contribution >= 4 is 5.78 Å². The first kappa shape index (κ1) is 8.75. The maximum atomic E-state index is 11.0. The molecule has 0 spiro atoms. The normalized spacial score (nSPS) is 25.8. The smallest absolute Gasteiger partial charge is 0.157 e. The summed E-state index contributed by atoms with van der Waals surface area (Å²) in [5.41, 5.74) is 0.620. The molecular weight excluding hydrogens is 166 g/mol. The number of hydrogen-bond donors (Lipinski definition) is 1. The highest BCUT2D eigenvalue weighted by atomic mass is 16.3. The van der Waals surface area contributed by atoms with Gasteiger partial charge in [-0.1, -0.05) is 6.92 Å². The van der Waals surface area contributed by atoms with Crippen LogP contribution in [0.5, 0.6) is 0 Å². The Hall–Kier alpha value is -0.830. The highest BCUT2D eigenvalue weighted by Gasteiger charge is 2.40. The molecule has 1 heterocycles. The van der Waals surface area contributed by atoms with Crippen LogP contribution in [-0.4, -0.2) is 34.5 Å². The zero-order valence-corrected chi connectivity index (χ0v) is 7.92. The van der Waals surface area contributed by atoms with Gasteiger partial charge in [-0.2, -0.15) is 0 Å². The van der Waals surface area contributed by atoms with E-state index in [4.69, 9.17) is 0 Å². The van der Waals surface area contributed by atoms with E-state index in [1.54, 1.807) is 6.08 Å². The fourth-order valence-electron chi connectivity index (χ4n) is 1.92.